The summed E-state index contributed by atoms with van der Waals surface area (Å²) in [6, 6.07) is 22.1. The second kappa shape index (κ2) is 10.5. The molecule has 3 aromatic carbocycles. The maximum absolute atomic E-state index is 13.7. The number of amides is 2. The van der Waals surface area contributed by atoms with Crippen LogP contribution in [-0.2, 0) is 22.7 Å². The molecule has 0 aliphatic rings. The molecule has 0 bridgehead atoms. The third-order valence-electron chi connectivity index (χ3n) is 6.08. The minimum Gasteiger partial charge on any atom is -0.497 e. The third-order valence-corrected chi connectivity index (χ3v) is 6.08. The number of methoxy groups -OCH3 is 2. The quantitative estimate of drug-likeness (QED) is 0.385. The highest BCUT2D eigenvalue weighted by Gasteiger charge is 2.38. The number of rotatable bonds is 9. The van der Waals surface area contributed by atoms with Gasteiger partial charge in [-0.2, -0.15) is 0 Å². The smallest absolute Gasteiger partial charge is 0.249 e. The second-order valence-electron chi connectivity index (χ2n) is 8.78. The standard InChI is InChI=1S/C27H29N5O4/c1-27(2,26(34)28-22-15-14-20(35-3)16-24(22)36-4)31(17-19-10-6-5-7-11-19)25(33)18-32-23-13-9-8-12-21(23)29-30-32/h5-16H,17-18H2,1-4H3,(H,28,34). The third kappa shape index (κ3) is 5.14. The lowest BCUT2D eigenvalue weighted by molar-refractivity contribution is -0.145. The summed E-state index contributed by atoms with van der Waals surface area (Å²) in [7, 11) is 3.07. The van der Waals surface area contributed by atoms with Crippen molar-refractivity contribution in [2.75, 3.05) is 19.5 Å². The van der Waals surface area contributed by atoms with E-state index in [1.807, 2.05) is 54.6 Å². The maximum atomic E-state index is 13.7. The van der Waals surface area contributed by atoms with Gasteiger partial charge in [0.15, 0.2) is 0 Å². The molecule has 0 saturated carbocycles. The maximum Gasteiger partial charge on any atom is 0.249 e. The molecule has 0 aliphatic heterocycles. The van der Waals surface area contributed by atoms with Gasteiger partial charge in [-0.1, -0.05) is 47.7 Å². The molecule has 0 unspecified atom stereocenters. The van der Waals surface area contributed by atoms with Crippen LogP contribution in [0.1, 0.15) is 19.4 Å². The van der Waals surface area contributed by atoms with Gasteiger partial charge in [0.25, 0.3) is 0 Å². The first-order chi connectivity index (χ1) is 17.3. The van der Waals surface area contributed by atoms with Crippen molar-refractivity contribution in [2.45, 2.75) is 32.5 Å². The van der Waals surface area contributed by atoms with Gasteiger partial charge >= 0.3 is 0 Å². The molecule has 0 saturated heterocycles. The first-order valence-corrected chi connectivity index (χ1v) is 11.5. The highest BCUT2D eigenvalue weighted by atomic mass is 16.5. The minimum absolute atomic E-state index is 0.0596. The topological polar surface area (TPSA) is 98.6 Å². The molecule has 4 aromatic rings. The highest BCUT2D eigenvalue weighted by Crippen LogP contribution is 2.31. The summed E-state index contributed by atoms with van der Waals surface area (Å²) in [5.74, 6) is 0.425. The van der Waals surface area contributed by atoms with Crippen molar-refractivity contribution >= 4 is 28.5 Å². The zero-order chi connectivity index (χ0) is 25.7. The van der Waals surface area contributed by atoms with Crippen molar-refractivity contribution in [2.24, 2.45) is 0 Å². The van der Waals surface area contributed by atoms with Gasteiger partial charge in [-0.3, -0.25) is 9.59 Å². The van der Waals surface area contributed by atoms with Gasteiger partial charge < -0.3 is 19.7 Å². The average molecular weight is 488 g/mol. The number of hydrogen-bond donors (Lipinski definition) is 1. The Labute approximate surface area is 209 Å². The molecular formula is C27H29N5O4. The Morgan fingerprint density at radius 2 is 1.69 bits per heavy atom. The predicted molar refractivity (Wildman–Crippen MR) is 137 cm³/mol. The van der Waals surface area contributed by atoms with Gasteiger partial charge in [-0.05, 0) is 43.7 Å². The van der Waals surface area contributed by atoms with E-state index in [4.69, 9.17) is 9.47 Å². The molecule has 4 rings (SSSR count). The monoisotopic (exact) mass is 487 g/mol. The molecule has 0 fully saturated rings. The molecule has 36 heavy (non-hydrogen) atoms. The summed E-state index contributed by atoms with van der Waals surface area (Å²) < 4.78 is 12.2. The molecule has 186 valence electrons. The normalized spacial score (nSPS) is 11.2. The van der Waals surface area contributed by atoms with Crippen LogP contribution in [0.4, 0.5) is 5.69 Å². The Balaban J connectivity index is 1.63. The Hall–Kier alpha value is -4.40. The fourth-order valence-electron chi connectivity index (χ4n) is 3.91. The molecule has 9 heteroatoms. The van der Waals surface area contributed by atoms with Crippen LogP contribution >= 0.6 is 0 Å². The second-order valence-corrected chi connectivity index (χ2v) is 8.78. The van der Waals surface area contributed by atoms with Crippen LogP contribution in [0.5, 0.6) is 11.5 Å². The van der Waals surface area contributed by atoms with Crippen molar-refractivity contribution in [3.63, 3.8) is 0 Å². The number of fused-ring (bicyclic) bond motifs is 1. The number of aromatic nitrogens is 3. The number of para-hydroxylation sites is 1. The van der Waals surface area contributed by atoms with Crippen LogP contribution in [0.15, 0.2) is 72.8 Å². The van der Waals surface area contributed by atoms with Crippen LogP contribution in [0.2, 0.25) is 0 Å². The molecule has 9 nitrogen and oxygen atoms in total. The molecule has 0 spiro atoms. The lowest BCUT2D eigenvalue weighted by atomic mass is 9.99. The van der Waals surface area contributed by atoms with Gasteiger partial charge in [0, 0.05) is 12.6 Å². The number of nitrogens with one attached hydrogen (secondary N) is 1. The van der Waals surface area contributed by atoms with E-state index in [2.05, 4.69) is 15.6 Å². The van der Waals surface area contributed by atoms with E-state index < -0.39 is 5.54 Å². The predicted octanol–water partition coefficient (Wildman–Crippen LogP) is 3.89. The van der Waals surface area contributed by atoms with E-state index in [1.165, 1.54) is 7.11 Å². The van der Waals surface area contributed by atoms with Gasteiger partial charge in [0.1, 0.15) is 29.1 Å². The van der Waals surface area contributed by atoms with E-state index in [9.17, 15) is 9.59 Å². The van der Waals surface area contributed by atoms with E-state index in [0.29, 0.717) is 22.7 Å². The number of nitrogens with zero attached hydrogens (tertiary/aromatic N) is 4. The fraction of sp³-hybridized carbons (Fsp3) is 0.259. The number of carbonyl (C=O) groups is 2. The summed E-state index contributed by atoms with van der Waals surface area (Å²) in [5, 5.41) is 11.2. The molecule has 0 atom stereocenters. The lowest BCUT2D eigenvalue weighted by Gasteiger charge is -2.37. The first kappa shape index (κ1) is 24.7. The van der Waals surface area contributed by atoms with Gasteiger partial charge in [-0.15, -0.1) is 5.10 Å². The SMILES string of the molecule is COc1ccc(NC(=O)C(C)(C)N(Cc2ccccc2)C(=O)Cn2nnc3ccccc32)c(OC)c1. The van der Waals surface area contributed by atoms with E-state index in [-0.39, 0.29) is 24.9 Å². The summed E-state index contributed by atoms with van der Waals surface area (Å²) >= 11 is 0. The first-order valence-electron chi connectivity index (χ1n) is 11.5. The average Bonchev–Trinajstić information content (AvgIpc) is 3.30. The highest BCUT2D eigenvalue weighted by molar-refractivity contribution is 6.01. The molecule has 1 aromatic heterocycles. The largest absolute Gasteiger partial charge is 0.497 e. The van der Waals surface area contributed by atoms with Crippen molar-refractivity contribution in [3.8, 4) is 11.5 Å². The lowest BCUT2D eigenvalue weighted by Crippen LogP contribution is -2.55. The summed E-state index contributed by atoms with van der Waals surface area (Å²) in [5.41, 5.74) is 1.61. The zero-order valence-corrected chi connectivity index (χ0v) is 20.8. The Morgan fingerprint density at radius 1 is 0.972 bits per heavy atom. The Bertz CT molecular complexity index is 1370. The van der Waals surface area contributed by atoms with Gasteiger partial charge in [0.05, 0.1) is 25.4 Å². The molecule has 2 amide bonds. The van der Waals surface area contributed by atoms with Crippen LogP contribution < -0.4 is 14.8 Å². The summed E-state index contributed by atoms with van der Waals surface area (Å²) in [6.07, 6.45) is 0. The number of hydrogen-bond acceptors (Lipinski definition) is 6. The number of anilines is 1. The van der Waals surface area contributed by atoms with Crippen LogP contribution in [0.3, 0.4) is 0 Å². The molecule has 1 heterocycles. The van der Waals surface area contributed by atoms with E-state index >= 15 is 0 Å². The van der Waals surface area contributed by atoms with Crippen molar-refractivity contribution in [1.29, 1.82) is 0 Å². The summed E-state index contributed by atoms with van der Waals surface area (Å²) in [6.45, 7) is 3.62. The molecular weight excluding hydrogens is 458 g/mol. The van der Waals surface area contributed by atoms with E-state index in [0.717, 1.165) is 11.1 Å². The zero-order valence-electron chi connectivity index (χ0n) is 20.8. The molecule has 0 radical (unpaired) electrons. The Morgan fingerprint density at radius 3 is 2.42 bits per heavy atom. The fourth-order valence-corrected chi connectivity index (χ4v) is 3.91. The van der Waals surface area contributed by atoms with Crippen LogP contribution in [0, 0.1) is 0 Å². The van der Waals surface area contributed by atoms with Crippen molar-refractivity contribution in [1.82, 2.24) is 19.9 Å². The minimum atomic E-state index is -1.21. The van der Waals surface area contributed by atoms with Crippen molar-refractivity contribution in [3.05, 3.63) is 78.4 Å². The van der Waals surface area contributed by atoms with Gasteiger partial charge in [-0.25, -0.2) is 4.68 Å². The number of ether oxygens (including phenoxy) is 2. The number of benzene rings is 3. The summed E-state index contributed by atoms with van der Waals surface area (Å²) in [4.78, 5) is 28.8. The molecule has 1 N–H and O–H groups in total. The number of carbonyl (C=O) groups excluding carboxylic acids is 2. The van der Waals surface area contributed by atoms with Gasteiger partial charge in [0.2, 0.25) is 11.8 Å². The van der Waals surface area contributed by atoms with Crippen LogP contribution in [0.25, 0.3) is 11.0 Å². The van der Waals surface area contributed by atoms with E-state index in [1.54, 1.807) is 48.7 Å². The van der Waals surface area contributed by atoms with Crippen LogP contribution in [-0.4, -0.2) is 51.5 Å². The molecule has 0 aliphatic carbocycles. The van der Waals surface area contributed by atoms with Crippen molar-refractivity contribution < 1.29 is 19.1 Å². The Kier molecular flexibility index (Phi) is 7.19.